The highest BCUT2D eigenvalue weighted by Crippen LogP contribution is 2.25. The largest absolute Gasteiger partial charge is 0.465 e. The molecule has 2 aromatic rings. The van der Waals surface area contributed by atoms with Crippen LogP contribution < -0.4 is 4.72 Å². The van der Waals surface area contributed by atoms with Crippen LogP contribution in [0.2, 0.25) is 10.0 Å². The van der Waals surface area contributed by atoms with Gasteiger partial charge in [-0.05, 0) is 42.8 Å². The molecule has 0 aromatic heterocycles. The fraction of sp³-hybridized carbons (Fsp3) is 0.133. The third kappa shape index (κ3) is 3.96. The van der Waals surface area contributed by atoms with Gasteiger partial charge in [-0.2, -0.15) is 0 Å². The Morgan fingerprint density at radius 2 is 1.78 bits per heavy atom. The highest BCUT2D eigenvalue weighted by atomic mass is 35.5. The van der Waals surface area contributed by atoms with Crippen LogP contribution >= 0.6 is 23.2 Å². The van der Waals surface area contributed by atoms with Crippen molar-refractivity contribution in [2.24, 2.45) is 0 Å². The van der Waals surface area contributed by atoms with E-state index >= 15 is 0 Å². The van der Waals surface area contributed by atoms with Crippen molar-refractivity contribution < 1.29 is 17.9 Å². The van der Waals surface area contributed by atoms with E-state index < -0.39 is 16.0 Å². The molecular weight excluding hydrogens is 361 g/mol. The molecule has 5 nitrogen and oxygen atoms in total. The van der Waals surface area contributed by atoms with Gasteiger partial charge in [0.25, 0.3) is 10.0 Å². The summed E-state index contributed by atoms with van der Waals surface area (Å²) in [7, 11) is -2.63. The lowest BCUT2D eigenvalue weighted by molar-refractivity contribution is 0.0601. The summed E-state index contributed by atoms with van der Waals surface area (Å²) in [6, 6.07) is 8.58. The summed E-state index contributed by atoms with van der Waals surface area (Å²) in [5.41, 5.74) is 1.02. The van der Waals surface area contributed by atoms with Crippen molar-refractivity contribution in [2.45, 2.75) is 11.8 Å². The van der Waals surface area contributed by atoms with Crippen molar-refractivity contribution >= 4 is 44.9 Å². The van der Waals surface area contributed by atoms with E-state index in [0.717, 1.165) is 5.56 Å². The molecule has 0 saturated heterocycles. The molecular formula is C15H13Cl2NO4S. The first-order valence-electron chi connectivity index (χ1n) is 6.41. The Hall–Kier alpha value is -1.76. The van der Waals surface area contributed by atoms with Gasteiger partial charge in [0, 0.05) is 10.7 Å². The summed E-state index contributed by atoms with van der Waals surface area (Å²) < 4.78 is 31.7. The highest BCUT2D eigenvalue weighted by Gasteiger charge is 2.17. The molecule has 2 aromatic carbocycles. The quantitative estimate of drug-likeness (QED) is 0.825. The maximum Gasteiger partial charge on any atom is 0.339 e. The second-order valence-electron chi connectivity index (χ2n) is 4.70. The molecule has 0 aliphatic heterocycles. The molecule has 0 heterocycles. The van der Waals surface area contributed by atoms with Crippen LogP contribution in [0.3, 0.4) is 0 Å². The minimum Gasteiger partial charge on any atom is -0.465 e. The van der Waals surface area contributed by atoms with Crippen LogP contribution in [0.15, 0.2) is 41.3 Å². The van der Waals surface area contributed by atoms with Crippen LogP contribution in [0.25, 0.3) is 0 Å². The number of halogens is 2. The lowest BCUT2D eigenvalue weighted by Crippen LogP contribution is -2.14. The molecule has 0 radical (unpaired) electrons. The van der Waals surface area contributed by atoms with E-state index in [1.807, 2.05) is 0 Å². The zero-order valence-electron chi connectivity index (χ0n) is 12.3. The third-order valence-corrected chi connectivity index (χ3v) is 5.19. The van der Waals surface area contributed by atoms with Crippen molar-refractivity contribution in [3.8, 4) is 0 Å². The summed E-state index contributed by atoms with van der Waals surface area (Å²) >= 11 is 11.9. The third-order valence-electron chi connectivity index (χ3n) is 3.08. The molecule has 0 spiro atoms. The number of ether oxygens (including phenoxy) is 1. The molecule has 0 saturated carbocycles. The Bertz CT molecular complexity index is 866. The zero-order valence-corrected chi connectivity index (χ0v) is 14.6. The second kappa shape index (κ2) is 6.78. The van der Waals surface area contributed by atoms with Crippen LogP contribution in [-0.2, 0) is 14.8 Å². The number of esters is 1. The number of nitrogens with one attached hydrogen (secondary N) is 1. The Morgan fingerprint density at radius 1 is 1.09 bits per heavy atom. The average Bonchev–Trinajstić information content (AvgIpc) is 2.50. The monoisotopic (exact) mass is 373 g/mol. The number of aryl methyl sites for hydroxylation is 1. The van der Waals surface area contributed by atoms with Gasteiger partial charge in [0.2, 0.25) is 0 Å². The van der Waals surface area contributed by atoms with Gasteiger partial charge in [0.1, 0.15) is 0 Å². The molecule has 0 bridgehead atoms. The van der Waals surface area contributed by atoms with Gasteiger partial charge in [-0.15, -0.1) is 0 Å². The highest BCUT2D eigenvalue weighted by molar-refractivity contribution is 7.92. The number of sulfonamides is 1. The predicted molar refractivity (Wildman–Crippen MR) is 89.8 cm³/mol. The molecule has 0 aliphatic rings. The minimum absolute atomic E-state index is 0.0164. The first kappa shape index (κ1) is 17.6. The molecule has 0 atom stereocenters. The number of benzene rings is 2. The van der Waals surface area contributed by atoms with Crippen LogP contribution in [0.4, 0.5) is 5.69 Å². The smallest absolute Gasteiger partial charge is 0.339 e. The van der Waals surface area contributed by atoms with Crippen molar-refractivity contribution in [3.63, 3.8) is 0 Å². The number of rotatable bonds is 4. The summed E-state index contributed by atoms with van der Waals surface area (Å²) in [6.45, 7) is 1.77. The van der Waals surface area contributed by atoms with Gasteiger partial charge in [-0.3, -0.25) is 4.72 Å². The Balaban J connectivity index is 2.37. The summed E-state index contributed by atoms with van der Waals surface area (Å²) in [6.07, 6.45) is 0. The fourth-order valence-corrected chi connectivity index (χ4v) is 3.33. The van der Waals surface area contributed by atoms with E-state index in [1.165, 1.54) is 37.4 Å². The van der Waals surface area contributed by atoms with E-state index in [-0.39, 0.29) is 21.2 Å². The minimum atomic E-state index is -3.84. The van der Waals surface area contributed by atoms with E-state index in [4.69, 9.17) is 23.2 Å². The van der Waals surface area contributed by atoms with Gasteiger partial charge in [-0.1, -0.05) is 29.3 Å². The van der Waals surface area contributed by atoms with E-state index in [0.29, 0.717) is 5.02 Å². The number of anilines is 1. The number of carbonyl (C=O) groups excluding carboxylic acids is 1. The molecule has 122 valence electrons. The number of methoxy groups -OCH3 is 1. The lowest BCUT2D eigenvalue weighted by Gasteiger charge is -2.11. The molecule has 0 fully saturated rings. The van der Waals surface area contributed by atoms with E-state index in [2.05, 4.69) is 9.46 Å². The van der Waals surface area contributed by atoms with E-state index in [1.54, 1.807) is 13.0 Å². The average molecular weight is 374 g/mol. The van der Waals surface area contributed by atoms with Crippen LogP contribution in [-0.4, -0.2) is 21.5 Å². The molecule has 8 heteroatoms. The first-order valence-corrected chi connectivity index (χ1v) is 8.65. The molecule has 0 amide bonds. The van der Waals surface area contributed by atoms with Gasteiger partial charge < -0.3 is 4.74 Å². The summed E-state index contributed by atoms with van der Waals surface area (Å²) in [5.74, 6) is -0.658. The molecule has 0 aliphatic carbocycles. The van der Waals surface area contributed by atoms with Crippen LogP contribution in [0.1, 0.15) is 15.9 Å². The molecule has 23 heavy (non-hydrogen) atoms. The number of hydrogen-bond donors (Lipinski definition) is 1. The maximum absolute atomic E-state index is 12.4. The van der Waals surface area contributed by atoms with Gasteiger partial charge in [-0.25, -0.2) is 13.2 Å². The van der Waals surface area contributed by atoms with Crippen LogP contribution in [0.5, 0.6) is 0 Å². The van der Waals surface area contributed by atoms with Crippen molar-refractivity contribution in [3.05, 3.63) is 57.6 Å². The molecule has 1 N–H and O–H groups in total. The number of hydrogen-bond acceptors (Lipinski definition) is 4. The van der Waals surface area contributed by atoms with Crippen molar-refractivity contribution in [1.82, 2.24) is 0 Å². The predicted octanol–water partition coefficient (Wildman–Crippen LogP) is 3.89. The fourth-order valence-electron chi connectivity index (χ4n) is 1.81. The molecule has 2 rings (SSSR count). The van der Waals surface area contributed by atoms with Gasteiger partial charge >= 0.3 is 5.97 Å². The standard InChI is InChI=1S/C15H13Cl2NO4S/c1-9-3-5-11(8-14(9)17)23(20,21)18-10-4-6-13(16)12(7-10)15(19)22-2/h3-8,18H,1-2H3. The zero-order chi connectivity index (χ0) is 17.2. The summed E-state index contributed by atoms with van der Waals surface area (Å²) in [4.78, 5) is 11.6. The topological polar surface area (TPSA) is 72.5 Å². The van der Waals surface area contributed by atoms with Gasteiger partial charge in [0.15, 0.2) is 0 Å². The Kier molecular flexibility index (Phi) is 5.19. The number of carbonyl (C=O) groups is 1. The van der Waals surface area contributed by atoms with Crippen LogP contribution in [0, 0.1) is 6.92 Å². The van der Waals surface area contributed by atoms with E-state index in [9.17, 15) is 13.2 Å². The normalized spacial score (nSPS) is 11.1. The van der Waals surface area contributed by atoms with Crippen molar-refractivity contribution in [1.29, 1.82) is 0 Å². The maximum atomic E-state index is 12.4. The van der Waals surface area contributed by atoms with Crippen molar-refractivity contribution in [2.75, 3.05) is 11.8 Å². The van der Waals surface area contributed by atoms with Gasteiger partial charge in [0.05, 0.1) is 22.6 Å². The Morgan fingerprint density at radius 3 is 2.39 bits per heavy atom. The SMILES string of the molecule is COC(=O)c1cc(NS(=O)(=O)c2ccc(C)c(Cl)c2)ccc1Cl. The summed E-state index contributed by atoms with van der Waals surface area (Å²) in [5, 5.41) is 0.511. The lowest BCUT2D eigenvalue weighted by atomic mass is 10.2. The Labute approximate surface area is 144 Å². The second-order valence-corrected chi connectivity index (χ2v) is 7.20. The molecule has 0 unspecified atom stereocenters. The first-order chi connectivity index (χ1) is 10.7.